The maximum Gasteiger partial charge on any atom is 0.339 e. The third-order valence-electron chi connectivity index (χ3n) is 1.68. The van der Waals surface area contributed by atoms with Gasteiger partial charge in [-0.1, -0.05) is 6.92 Å². The van der Waals surface area contributed by atoms with Crippen molar-refractivity contribution in [3.8, 4) is 0 Å². The Morgan fingerprint density at radius 2 is 2.38 bits per heavy atom. The lowest BCUT2D eigenvalue weighted by atomic mass is 10.2. The fourth-order valence-corrected chi connectivity index (χ4v) is 0.979. The van der Waals surface area contributed by atoms with Gasteiger partial charge in [0, 0.05) is 5.69 Å². The van der Waals surface area contributed by atoms with E-state index < -0.39 is 5.97 Å². The maximum absolute atomic E-state index is 10.6. The summed E-state index contributed by atoms with van der Waals surface area (Å²) < 4.78 is 0. The zero-order chi connectivity index (χ0) is 9.84. The lowest BCUT2D eigenvalue weighted by molar-refractivity contribution is 0.0697. The van der Waals surface area contributed by atoms with Crippen LogP contribution in [-0.4, -0.2) is 16.1 Å². The summed E-state index contributed by atoms with van der Waals surface area (Å²) in [6.07, 6.45) is 0.745. The van der Waals surface area contributed by atoms with E-state index in [4.69, 9.17) is 10.9 Å². The number of hydrogen-bond donors (Lipinski definition) is 3. The molecule has 1 aromatic heterocycles. The summed E-state index contributed by atoms with van der Waals surface area (Å²) in [4.78, 5) is 14.7. The molecule has 0 aliphatic carbocycles. The van der Waals surface area contributed by atoms with Gasteiger partial charge in [0.25, 0.3) is 0 Å². The number of hydrogen-bond acceptors (Lipinski definition) is 4. The van der Waals surface area contributed by atoms with Gasteiger partial charge in [0.05, 0.1) is 0 Å². The SMILES string of the molecule is CCc1ccc(C(=O)O)c(NN)n1. The lowest BCUT2D eigenvalue weighted by Crippen LogP contribution is -2.14. The molecule has 0 saturated carbocycles. The van der Waals surface area contributed by atoms with E-state index in [0.29, 0.717) is 0 Å². The molecule has 1 rings (SSSR count). The molecular formula is C8H11N3O2. The Hall–Kier alpha value is -1.62. The monoisotopic (exact) mass is 181 g/mol. The molecule has 0 aliphatic heterocycles. The van der Waals surface area contributed by atoms with E-state index in [1.54, 1.807) is 6.07 Å². The number of rotatable bonds is 3. The second-order valence-electron chi connectivity index (χ2n) is 2.50. The van der Waals surface area contributed by atoms with Crippen LogP contribution in [0.4, 0.5) is 5.82 Å². The van der Waals surface area contributed by atoms with Crippen LogP contribution in [0.25, 0.3) is 0 Å². The van der Waals surface area contributed by atoms with Crippen LogP contribution in [-0.2, 0) is 6.42 Å². The van der Waals surface area contributed by atoms with Crippen molar-refractivity contribution in [2.24, 2.45) is 5.84 Å². The first-order valence-corrected chi connectivity index (χ1v) is 3.88. The highest BCUT2D eigenvalue weighted by Gasteiger charge is 2.10. The van der Waals surface area contributed by atoms with Crippen molar-refractivity contribution in [1.82, 2.24) is 4.98 Å². The van der Waals surface area contributed by atoms with E-state index >= 15 is 0 Å². The minimum absolute atomic E-state index is 0.0831. The maximum atomic E-state index is 10.6. The highest BCUT2D eigenvalue weighted by Crippen LogP contribution is 2.12. The molecule has 0 bridgehead atoms. The number of aryl methyl sites for hydroxylation is 1. The van der Waals surface area contributed by atoms with Crippen LogP contribution in [0.15, 0.2) is 12.1 Å². The topological polar surface area (TPSA) is 88.2 Å². The molecule has 0 fully saturated rings. The van der Waals surface area contributed by atoms with Gasteiger partial charge in [-0.15, -0.1) is 0 Å². The molecule has 4 N–H and O–H groups in total. The molecule has 5 heteroatoms. The normalized spacial score (nSPS) is 9.69. The van der Waals surface area contributed by atoms with Crippen LogP contribution in [0.1, 0.15) is 23.0 Å². The molecular weight excluding hydrogens is 170 g/mol. The number of carboxylic acid groups (broad SMARTS) is 1. The van der Waals surface area contributed by atoms with Crippen LogP contribution in [0.2, 0.25) is 0 Å². The number of aromatic nitrogens is 1. The summed E-state index contributed by atoms with van der Waals surface area (Å²) in [5, 5.41) is 8.72. The minimum Gasteiger partial charge on any atom is -0.478 e. The number of aromatic carboxylic acids is 1. The van der Waals surface area contributed by atoms with Gasteiger partial charge in [0.15, 0.2) is 5.82 Å². The smallest absolute Gasteiger partial charge is 0.339 e. The third kappa shape index (κ3) is 1.94. The molecule has 0 radical (unpaired) electrons. The van der Waals surface area contributed by atoms with Crippen molar-refractivity contribution >= 4 is 11.8 Å². The number of hydrazine groups is 1. The number of nitrogens with two attached hydrogens (primary N) is 1. The Labute approximate surface area is 75.6 Å². The third-order valence-corrected chi connectivity index (χ3v) is 1.68. The van der Waals surface area contributed by atoms with Crippen molar-refractivity contribution in [1.29, 1.82) is 0 Å². The number of anilines is 1. The molecule has 0 aliphatic rings. The second kappa shape index (κ2) is 3.86. The van der Waals surface area contributed by atoms with Crippen LogP contribution in [0.5, 0.6) is 0 Å². The average Bonchev–Trinajstić information content (AvgIpc) is 2.16. The zero-order valence-corrected chi connectivity index (χ0v) is 7.24. The van der Waals surface area contributed by atoms with Crippen LogP contribution in [0.3, 0.4) is 0 Å². The van der Waals surface area contributed by atoms with Crippen molar-refractivity contribution in [3.05, 3.63) is 23.4 Å². The number of carbonyl (C=O) groups is 1. The second-order valence-corrected chi connectivity index (χ2v) is 2.50. The first-order chi connectivity index (χ1) is 6.19. The van der Waals surface area contributed by atoms with Crippen LogP contribution in [0, 0.1) is 0 Å². The number of nitrogens with zero attached hydrogens (tertiary/aromatic N) is 1. The summed E-state index contributed by atoms with van der Waals surface area (Å²) in [5.41, 5.74) is 3.15. The number of pyridine rings is 1. The Morgan fingerprint density at radius 3 is 2.85 bits per heavy atom. The molecule has 0 saturated heterocycles. The molecule has 70 valence electrons. The van der Waals surface area contributed by atoms with Crippen molar-refractivity contribution in [3.63, 3.8) is 0 Å². The predicted molar refractivity (Wildman–Crippen MR) is 48.4 cm³/mol. The highest BCUT2D eigenvalue weighted by atomic mass is 16.4. The molecule has 0 aromatic carbocycles. The van der Waals surface area contributed by atoms with E-state index in [-0.39, 0.29) is 11.4 Å². The summed E-state index contributed by atoms with van der Waals surface area (Å²) in [7, 11) is 0. The fourth-order valence-electron chi connectivity index (χ4n) is 0.979. The molecule has 1 heterocycles. The van der Waals surface area contributed by atoms with E-state index in [1.807, 2.05) is 6.92 Å². The molecule has 0 spiro atoms. The summed E-state index contributed by atoms with van der Waals surface area (Å²) in [6, 6.07) is 3.16. The molecule has 1 aromatic rings. The van der Waals surface area contributed by atoms with Crippen LogP contribution < -0.4 is 11.3 Å². The van der Waals surface area contributed by atoms with Crippen molar-refractivity contribution in [2.45, 2.75) is 13.3 Å². The van der Waals surface area contributed by atoms with Gasteiger partial charge < -0.3 is 10.5 Å². The van der Waals surface area contributed by atoms with Crippen molar-refractivity contribution in [2.75, 3.05) is 5.43 Å². The molecule has 0 atom stereocenters. The van der Waals surface area contributed by atoms with E-state index in [1.165, 1.54) is 6.07 Å². The predicted octanol–water partition coefficient (Wildman–Crippen LogP) is 0.628. The van der Waals surface area contributed by atoms with Gasteiger partial charge in [-0.2, -0.15) is 0 Å². The summed E-state index contributed by atoms with van der Waals surface area (Å²) in [6.45, 7) is 1.93. The van der Waals surface area contributed by atoms with E-state index in [0.717, 1.165) is 12.1 Å². The Bertz CT molecular complexity index is 325. The summed E-state index contributed by atoms with van der Waals surface area (Å²) >= 11 is 0. The van der Waals surface area contributed by atoms with Crippen LogP contribution >= 0.6 is 0 Å². The van der Waals surface area contributed by atoms with Gasteiger partial charge in [-0.25, -0.2) is 15.6 Å². The first kappa shape index (κ1) is 9.47. The molecule has 0 unspecified atom stereocenters. The highest BCUT2D eigenvalue weighted by molar-refractivity contribution is 5.92. The zero-order valence-electron chi connectivity index (χ0n) is 7.24. The molecule has 13 heavy (non-hydrogen) atoms. The number of carboxylic acids is 1. The Morgan fingerprint density at radius 1 is 1.69 bits per heavy atom. The average molecular weight is 181 g/mol. The van der Waals surface area contributed by atoms with Gasteiger partial charge in [-0.3, -0.25) is 0 Å². The van der Waals surface area contributed by atoms with Gasteiger partial charge in [0.2, 0.25) is 0 Å². The minimum atomic E-state index is -1.04. The summed E-state index contributed by atoms with van der Waals surface area (Å²) in [5.74, 6) is 4.30. The van der Waals surface area contributed by atoms with Gasteiger partial charge in [-0.05, 0) is 18.6 Å². The van der Waals surface area contributed by atoms with Crippen molar-refractivity contribution < 1.29 is 9.90 Å². The van der Waals surface area contributed by atoms with E-state index in [9.17, 15) is 4.79 Å². The molecule has 0 amide bonds. The quantitative estimate of drug-likeness (QED) is 0.470. The van der Waals surface area contributed by atoms with E-state index in [2.05, 4.69) is 10.4 Å². The largest absolute Gasteiger partial charge is 0.478 e. The lowest BCUT2D eigenvalue weighted by Gasteiger charge is -2.05. The number of nitrogen functional groups attached to an aromatic ring is 1. The molecule has 5 nitrogen and oxygen atoms in total. The number of nitrogens with one attached hydrogen (secondary N) is 1. The fraction of sp³-hybridized carbons (Fsp3) is 0.250. The van der Waals surface area contributed by atoms with Gasteiger partial charge in [0.1, 0.15) is 5.56 Å². The Balaban J connectivity index is 3.15. The first-order valence-electron chi connectivity index (χ1n) is 3.88. The van der Waals surface area contributed by atoms with Gasteiger partial charge >= 0.3 is 5.97 Å². The Kier molecular flexibility index (Phi) is 2.81. The standard InChI is InChI=1S/C8H11N3O2/c1-2-5-3-4-6(8(12)13)7(10-5)11-9/h3-4H,2,9H2,1H3,(H,10,11)(H,12,13).